The van der Waals surface area contributed by atoms with Crippen LogP contribution < -0.4 is 10.6 Å². The van der Waals surface area contributed by atoms with E-state index in [-0.39, 0.29) is 31.6 Å². The number of rotatable bonds is 10. The molecular weight excluding hydrogens is 407 g/mol. The van der Waals surface area contributed by atoms with Gasteiger partial charge in [0.15, 0.2) is 0 Å². The Morgan fingerprint density at radius 2 is 1.74 bits per heavy atom. The van der Waals surface area contributed by atoms with E-state index in [9.17, 15) is 23.9 Å². The first-order valence-electron chi connectivity index (χ1n) is 9.62. The number of halogens is 1. The maximum absolute atomic E-state index is 13.9. The van der Waals surface area contributed by atoms with Crippen molar-refractivity contribution in [1.82, 2.24) is 10.6 Å². The number of carbonyl (C=O) groups is 3. The van der Waals surface area contributed by atoms with Crippen LogP contribution in [0.15, 0.2) is 54.6 Å². The van der Waals surface area contributed by atoms with Crippen LogP contribution in [0.5, 0.6) is 0 Å². The molecule has 0 saturated heterocycles. The molecule has 31 heavy (non-hydrogen) atoms. The Hall–Kier alpha value is -3.46. The summed E-state index contributed by atoms with van der Waals surface area (Å²) in [4.78, 5) is 35.9. The average molecular weight is 432 g/mol. The molecule has 2 amide bonds. The van der Waals surface area contributed by atoms with Crippen molar-refractivity contribution in [3.63, 3.8) is 0 Å². The Balaban J connectivity index is 1.78. The third kappa shape index (κ3) is 8.43. The number of hydrogen-bond donors (Lipinski definition) is 3. The van der Waals surface area contributed by atoms with Crippen LogP contribution in [0.3, 0.4) is 0 Å². The maximum atomic E-state index is 13.9. The molecule has 2 atom stereocenters. The van der Waals surface area contributed by atoms with Crippen molar-refractivity contribution in [2.24, 2.45) is 0 Å². The molecule has 0 aliphatic heterocycles. The predicted molar refractivity (Wildman–Crippen MR) is 109 cm³/mol. The summed E-state index contributed by atoms with van der Waals surface area (Å²) in [6, 6.07) is 13.8. The van der Waals surface area contributed by atoms with Gasteiger partial charge in [0.05, 0.1) is 19.6 Å². The van der Waals surface area contributed by atoms with Gasteiger partial charge >= 0.3 is 12.1 Å². The maximum Gasteiger partial charge on any atom is 0.407 e. The van der Waals surface area contributed by atoms with Gasteiger partial charge in [-0.3, -0.25) is 4.79 Å². The monoisotopic (exact) mass is 432 g/mol. The topological polar surface area (TPSA) is 114 Å². The van der Waals surface area contributed by atoms with E-state index in [1.807, 2.05) is 18.2 Å². The van der Waals surface area contributed by atoms with Gasteiger partial charge < -0.3 is 25.2 Å². The Morgan fingerprint density at radius 1 is 1.06 bits per heavy atom. The van der Waals surface area contributed by atoms with E-state index in [0.717, 1.165) is 12.7 Å². The molecule has 0 aromatic heterocycles. The summed E-state index contributed by atoms with van der Waals surface area (Å²) in [6.45, 7) is -0.155. The number of benzene rings is 2. The van der Waals surface area contributed by atoms with Gasteiger partial charge in [0, 0.05) is 13.0 Å². The van der Waals surface area contributed by atoms with Crippen LogP contribution >= 0.6 is 0 Å². The van der Waals surface area contributed by atoms with Crippen molar-refractivity contribution in [1.29, 1.82) is 0 Å². The molecule has 2 aromatic carbocycles. The molecule has 0 unspecified atom stereocenters. The van der Waals surface area contributed by atoms with E-state index >= 15 is 0 Å². The number of hydrogen-bond acceptors (Lipinski definition) is 6. The zero-order chi connectivity index (χ0) is 22.6. The second-order valence-corrected chi connectivity index (χ2v) is 6.74. The van der Waals surface area contributed by atoms with Crippen LogP contribution in [0.1, 0.15) is 17.5 Å². The third-order valence-electron chi connectivity index (χ3n) is 4.32. The number of alkyl carbamates (subject to hydrolysis) is 1. The summed E-state index contributed by atoms with van der Waals surface area (Å²) in [5.41, 5.74) is 1.04. The lowest BCUT2D eigenvalue weighted by molar-refractivity contribution is -0.145. The first-order chi connectivity index (χ1) is 14.9. The molecule has 2 aromatic rings. The quantitative estimate of drug-likeness (QED) is 0.493. The second-order valence-electron chi connectivity index (χ2n) is 6.74. The van der Waals surface area contributed by atoms with Gasteiger partial charge in [-0.2, -0.15) is 0 Å². The van der Waals surface area contributed by atoms with Gasteiger partial charge in [-0.25, -0.2) is 14.0 Å². The lowest BCUT2D eigenvalue weighted by Crippen LogP contribution is -2.45. The van der Waals surface area contributed by atoms with E-state index in [2.05, 4.69) is 15.4 Å². The summed E-state index contributed by atoms with van der Waals surface area (Å²) in [5, 5.41) is 14.8. The van der Waals surface area contributed by atoms with Crippen molar-refractivity contribution < 1.29 is 33.4 Å². The van der Waals surface area contributed by atoms with Gasteiger partial charge in [0.1, 0.15) is 18.5 Å². The number of aliphatic hydroxyl groups is 1. The van der Waals surface area contributed by atoms with Crippen LogP contribution in [-0.2, 0) is 32.1 Å². The molecule has 9 heteroatoms. The SMILES string of the molecule is COC(=O)[C@@H](Cc1ccccc1F)NC(=O)C[C@@H](O)CNC(=O)OCc1ccccc1. The van der Waals surface area contributed by atoms with Gasteiger partial charge in [0.25, 0.3) is 0 Å². The molecule has 3 N–H and O–H groups in total. The number of nitrogens with one attached hydrogen (secondary N) is 2. The lowest BCUT2D eigenvalue weighted by atomic mass is 10.0. The van der Waals surface area contributed by atoms with Gasteiger partial charge in [0.2, 0.25) is 5.91 Å². The third-order valence-corrected chi connectivity index (χ3v) is 4.32. The summed E-state index contributed by atoms with van der Waals surface area (Å²) < 4.78 is 23.5. The minimum absolute atomic E-state index is 0.0696. The van der Waals surface area contributed by atoms with E-state index in [1.165, 1.54) is 18.2 Å². The van der Waals surface area contributed by atoms with E-state index in [4.69, 9.17) is 4.74 Å². The predicted octanol–water partition coefficient (Wildman–Crippen LogP) is 1.70. The number of methoxy groups -OCH3 is 1. The molecule has 2 rings (SSSR count). The molecule has 8 nitrogen and oxygen atoms in total. The number of amides is 2. The Morgan fingerprint density at radius 3 is 2.42 bits per heavy atom. The van der Waals surface area contributed by atoms with Gasteiger partial charge in [-0.05, 0) is 17.2 Å². The molecule has 0 saturated carbocycles. The molecule has 166 valence electrons. The summed E-state index contributed by atoms with van der Waals surface area (Å²) in [6.07, 6.45) is -2.44. The summed E-state index contributed by atoms with van der Waals surface area (Å²) in [5.74, 6) is -1.91. The average Bonchev–Trinajstić information content (AvgIpc) is 2.77. The Kier molecular flexibility index (Phi) is 9.44. The molecular formula is C22H25FN2O6. The highest BCUT2D eigenvalue weighted by Crippen LogP contribution is 2.10. The highest BCUT2D eigenvalue weighted by Gasteiger charge is 2.24. The highest BCUT2D eigenvalue weighted by molar-refractivity contribution is 5.85. The molecule has 0 spiro atoms. The van der Waals surface area contributed by atoms with E-state index in [1.54, 1.807) is 18.2 Å². The van der Waals surface area contributed by atoms with Crippen molar-refractivity contribution in [3.8, 4) is 0 Å². The normalized spacial score (nSPS) is 12.4. The first kappa shape index (κ1) is 23.8. The number of esters is 1. The zero-order valence-corrected chi connectivity index (χ0v) is 17.0. The number of aliphatic hydroxyl groups excluding tert-OH is 1. The standard InChI is InChI=1S/C22H25FN2O6/c1-30-21(28)19(11-16-9-5-6-10-18(16)23)25-20(27)12-17(26)13-24-22(29)31-14-15-7-3-2-4-8-15/h2-10,17,19,26H,11-14H2,1H3,(H,24,29)(H,25,27)/t17-,19-/m1/s1. The van der Waals surface area contributed by atoms with E-state index < -0.39 is 35.9 Å². The van der Waals surface area contributed by atoms with Crippen LogP contribution in [0.25, 0.3) is 0 Å². The Bertz CT molecular complexity index is 877. The smallest absolute Gasteiger partial charge is 0.407 e. The van der Waals surface area contributed by atoms with Crippen LogP contribution in [0, 0.1) is 5.82 Å². The van der Waals surface area contributed by atoms with Gasteiger partial charge in [-0.1, -0.05) is 48.5 Å². The fraction of sp³-hybridized carbons (Fsp3) is 0.318. The van der Waals surface area contributed by atoms with Crippen LogP contribution in [0.2, 0.25) is 0 Å². The van der Waals surface area contributed by atoms with Crippen molar-refractivity contribution >= 4 is 18.0 Å². The molecule has 0 aliphatic carbocycles. The van der Waals surface area contributed by atoms with Gasteiger partial charge in [-0.15, -0.1) is 0 Å². The highest BCUT2D eigenvalue weighted by atomic mass is 19.1. The fourth-order valence-electron chi connectivity index (χ4n) is 2.73. The number of ether oxygens (including phenoxy) is 2. The molecule has 0 fully saturated rings. The van der Waals surface area contributed by atoms with Crippen molar-refractivity contribution in [2.45, 2.75) is 31.6 Å². The van der Waals surface area contributed by atoms with Crippen molar-refractivity contribution in [3.05, 3.63) is 71.5 Å². The molecule has 0 bridgehead atoms. The van der Waals surface area contributed by atoms with E-state index in [0.29, 0.717) is 0 Å². The lowest BCUT2D eigenvalue weighted by Gasteiger charge is -2.18. The zero-order valence-electron chi connectivity index (χ0n) is 17.0. The number of carbonyl (C=O) groups excluding carboxylic acids is 3. The fourth-order valence-corrected chi connectivity index (χ4v) is 2.73. The molecule has 0 radical (unpaired) electrons. The Labute approximate surface area is 179 Å². The van der Waals surface area contributed by atoms with Crippen LogP contribution in [-0.4, -0.2) is 48.9 Å². The largest absolute Gasteiger partial charge is 0.467 e. The molecule has 0 heterocycles. The molecule has 0 aliphatic rings. The summed E-state index contributed by atoms with van der Waals surface area (Å²) in [7, 11) is 1.16. The second kappa shape index (κ2) is 12.3. The summed E-state index contributed by atoms with van der Waals surface area (Å²) >= 11 is 0. The van der Waals surface area contributed by atoms with Crippen LogP contribution in [0.4, 0.5) is 9.18 Å². The minimum Gasteiger partial charge on any atom is -0.467 e. The minimum atomic E-state index is -1.21. The van der Waals surface area contributed by atoms with Crippen molar-refractivity contribution in [2.75, 3.05) is 13.7 Å². The first-order valence-corrected chi connectivity index (χ1v) is 9.62.